The van der Waals surface area contributed by atoms with Crippen LogP contribution >= 0.6 is 15.9 Å². The Balaban J connectivity index is 1.92. The molecule has 178 valence electrons. The van der Waals surface area contributed by atoms with Gasteiger partial charge >= 0.3 is 12.0 Å². The number of rotatable bonds is 10. The first-order chi connectivity index (χ1) is 16.4. The van der Waals surface area contributed by atoms with Crippen molar-refractivity contribution in [1.82, 2.24) is 10.2 Å². The molecule has 1 aliphatic heterocycles. The SMILES string of the molecule is C=CCc1cc(/C=C2/NC(=O)N(CC(=O)OC)C2=O)cc(OCC)c1OCc1ccc(Br)cc1. The molecule has 9 heteroatoms. The van der Waals surface area contributed by atoms with Gasteiger partial charge in [-0.05, 0) is 54.8 Å². The topological polar surface area (TPSA) is 94.2 Å². The lowest BCUT2D eigenvalue weighted by Gasteiger charge is -2.17. The summed E-state index contributed by atoms with van der Waals surface area (Å²) in [7, 11) is 1.19. The van der Waals surface area contributed by atoms with Crippen LogP contribution in [0.15, 0.2) is 59.2 Å². The number of carbonyl (C=O) groups excluding carboxylic acids is 3. The molecule has 0 unspecified atom stereocenters. The van der Waals surface area contributed by atoms with Crippen molar-refractivity contribution in [2.45, 2.75) is 20.0 Å². The Hall–Kier alpha value is -3.59. The molecule has 1 aliphatic rings. The summed E-state index contributed by atoms with van der Waals surface area (Å²) in [5.41, 5.74) is 2.48. The van der Waals surface area contributed by atoms with Gasteiger partial charge in [-0.1, -0.05) is 34.1 Å². The Morgan fingerprint density at radius 2 is 1.91 bits per heavy atom. The second-order valence-corrected chi connectivity index (χ2v) is 8.22. The second kappa shape index (κ2) is 11.5. The Morgan fingerprint density at radius 3 is 2.56 bits per heavy atom. The molecular formula is C25H25BrN2O6. The highest BCUT2D eigenvalue weighted by Crippen LogP contribution is 2.35. The Morgan fingerprint density at radius 1 is 1.18 bits per heavy atom. The van der Waals surface area contributed by atoms with E-state index in [4.69, 9.17) is 9.47 Å². The average molecular weight is 529 g/mol. The van der Waals surface area contributed by atoms with Crippen molar-refractivity contribution in [2.75, 3.05) is 20.3 Å². The zero-order chi connectivity index (χ0) is 24.7. The van der Waals surface area contributed by atoms with Gasteiger partial charge in [0.1, 0.15) is 18.8 Å². The van der Waals surface area contributed by atoms with Crippen LogP contribution in [0, 0.1) is 0 Å². The second-order valence-electron chi connectivity index (χ2n) is 7.30. The van der Waals surface area contributed by atoms with Crippen LogP contribution in [0.5, 0.6) is 11.5 Å². The molecule has 0 atom stereocenters. The number of allylic oxidation sites excluding steroid dienone is 1. The van der Waals surface area contributed by atoms with Gasteiger partial charge in [0.25, 0.3) is 5.91 Å². The fraction of sp³-hybridized carbons (Fsp3) is 0.240. The lowest BCUT2D eigenvalue weighted by molar-refractivity contribution is -0.143. The van der Waals surface area contributed by atoms with Gasteiger partial charge in [0, 0.05) is 10.0 Å². The van der Waals surface area contributed by atoms with Gasteiger partial charge in [-0.25, -0.2) is 9.69 Å². The predicted octanol–water partition coefficient (Wildman–Crippen LogP) is 4.22. The van der Waals surface area contributed by atoms with Crippen LogP contribution < -0.4 is 14.8 Å². The van der Waals surface area contributed by atoms with Gasteiger partial charge in [-0.2, -0.15) is 0 Å². The van der Waals surface area contributed by atoms with Crippen molar-refractivity contribution in [3.8, 4) is 11.5 Å². The maximum Gasteiger partial charge on any atom is 0.329 e. The van der Waals surface area contributed by atoms with Crippen molar-refractivity contribution in [1.29, 1.82) is 0 Å². The predicted molar refractivity (Wildman–Crippen MR) is 130 cm³/mol. The molecule has 1 fully saturated rings. The summed E-state index contributed by atoms with van der Waals surface area (Å²) in [6.45, 7) is 5.97. The standard InChI is InChI=1S/C25H25BrN2O6/c1-4-6-18-11-17(12-20-24(30)28(25(31)27-20)14-22(29)32-3)13-21(33-5-2)23(18)34-15-16-7-9-19(26)10-8-16/h4,7-13H,1,5-6,14-15H2,2-3H3,(H,27,31)/b20-12+. The molecule has 8 nitrogen and oxygen atoms in total. The van der Waals surface area contributed by atoms with E-state index in [-0.39, 0.29) is 5.70 Å². The third-order valence-electron chi connectivity index (χ3n) is 4.90. The molecule has 1 heterocycles. The van der Waals surface area contributed by atoms with Crippen LogP contribution in [0.3, 0.4) is 0 Å². The summed E-state index contributed by atoms with van der Waals surface area (Å²) in [4.78, 5) is 37.1. The van der Waals surface area contributed by atoms with E-state index >= 15 is 0 Å². The number of ether oxygens (including phenoxy) is 3. The molecule has 0 spiro atoms. The van der Waals surface area contributed by atoms with Crippen LogP contribution in [-0.4, -0.2) is 43.1 Å². The first-order valence-corrected chi connectivity index (χ1v) is 11.3. The molecule has 0 bridgehead atoms. The van der Waals surface area contributed by atoms with Crippen molar-refractivity contribution < 1.29 is 28.6 Å². The van der Waals surface area contributed by atoms with Gasteiger partial charge in [-0.3, -0.25) is 9.59 Å². The van der Waals surface area contributed by atoms with E-state index in [9.17, 15) is 14.4 Å². The zero-order valence-corrected chi connectivity index (χ0v) is 20.5. The molecule has 2 aromatic carbocycles. The van der Waals surface area contributed by atoms with E-state index in [1.54, 1.807) is 12.1 Å². The molecule has 0 saturated carbocycles. The Kier molecular flexibility index (Phi) is 8.48. The van der Waals surface area contributed by atoms with Crippen molar-refractivity contribution in [3.05, 3.63) is 75.9 Å². The Labute approximate surface area is 206 Å². The van der Waals surface area contributed by atoms with Crippen LogP contribution in [0.4, 0.5) is 4.79 Å². The van der Waals surface area contributed by atoms with Gasteiger partial charge < -0.3 is 19.5 Å². The van der Waals surface area contributed by atoms with Crippen LogP contribution in [-0.2, 0) is 27.4 Å². The number of benzene rings is 2. The third kappa shape index (κ3) is 6.05. The number of hydrogen-bond acceptors (Lipinski definition) is 6. The molecule has 2 aromatic rings. The Bertz CT molecular complexity index is 1130. The summed E-state index contributed by atoms with van der Waals surface area (Å²) < 4.78 is 17.5. The largest absolute Gasteiger partial charge is 0.490 e. The number of methoxy groups -OCH3 is 1. The first kappa shape index (κ1) is 25.0. The van der Waals surface area contributed by atoms with Crippen LogP contribution in [0.2, 0.25) is 0 Å². The quantitative estimate of drug-likeness (QED) is 0.215. The molecule has 1 N–H and O–H groups in total. The van der Waals surface area contributed by atoms with Gasteiger partial charge in [0.05, 0.1) is 13.7 Å². The van der Waals surface area contributed by atoms with E-state index in [2.05, 4.69) is 32.6 Å². The minimum atomic E-state index is -0.691. The van der Waals surface area contributed by atoms with Gasteiger partial charge in [0.2, 0.25) is 0 Å². The monoisotopic (exact) mass is 528 g/mol. The number of nitrogens with one attached hydrogen (secondary N) is 1. The maximum absolute atomic E-state index is 12.6. The fourth-order valence-electron chi connectivity index (χ4n) is 3.31. The number of imide groups is 1. The number of halogens is 1. The minimum absolute atomic E-state index is 0.0458. The van der Waals surface area contributed by atoms with E-state index < -0.39 is 24.5 Å². The number of urea groups is 1. The molecule has 3 amide bonds. The minimum Gasteiger partial charge on any atom is -0.490 e. The van der Waals surface area contributed by atoms with Crippen molar-refractivity contribution in [3.63, 3.8) is 0 Å². The van der Waals surface area contributed by atoms with Crippen molar-refractivity contribution in [2.24, 2.45) is 0 Å². The maximum atomic E-state index is 12.6. The smallest absolute Gasteiger partial charge is 0.329 e. The third-order valence-corrected chi connectivity index (χ3v) is 5.43. The average Bonchev–Trinajstić information content (AvgIpc) is 3.07. The number of nitrogens with zero attached hydrogens (tertiary/aromatic N) is 1. The van der Waals surface area contributed by atoms with Crippen molar-refractivity contribution >= 4 is 39.9 Å². The van der Waals surface area contributed by atoms with Gasteiger partial charge in [0.15, 0.2) is 11.5 Å². The normalized spacial score (nSPS) is 14.2. The number of carbonyl (C=O) groups is 3. The van der Waals surface area contributed by atoms with Crippen LogP contribution in [0.1, 0.15) is 23.6 Å². The highest BCUT2D eigenvalue weighted by molar-refractivity contribution is 9.10. The van der Waals surface area contributed by atoms with E-state index in [1.807, 2.05) is 37.3 Å². The molecule has 1 saturated heterocycles. The molecule has 3 rings (SSSR count). The number of esters is 1. The highest BCUT2D eigenvalue weighted by atomic mass is 79.9. The summed E-state index contributed by atoms with van der Waals surface area (Å²) in [6, 6.07) is 10.7. The van der Waals surface area contributed by atoms with Gasteiger partial charge in [-0.15, -0.1) is 6.58 Å². The molecule has 0 aliphatic carbocycles. The summed E-state index contributed by atoms with van der Waals surface area (Å²) in [6.07, 6.45) is 3.78. The lowest BCUT2D eigenvalue weighted by Crippen LogP contribution is -2.36. The molecular weight excluding hydrogens is 504 g/mol. The summed E-state index contributed by atoms with van der Waals surface area (Å²) in [5.74, 6) is -0.215. The number of amides is 3. The fourth-order valence-corrected chi connectivity index (χ4v) is 3.58. The van der Waals surface area contributed by atoms with E-state index in [0.717, 1.165) is 20.5 Å². The van der Waals surface area contributed by atoms with E-state index in [1.165, 1.54) is 13.2 Å². The first-order valence-electron chi connectivity index (χ1n) is 10.6. The zero-order valence-electron chi connectivity index (χ0n) is 18.9. The summed E-state index contributed by atoms with van der Waals surface area (Å²) in [5, 5.41) is 2.50. The lowest BCUT2D eigenvalue weighted by atomic mass is 10.0. The van der Waals surface area contributed by atoms with E-state index in [0.29, 0.717) is 36.7 Å². The molecule has 34 heavy (non-hydrogen) atoms. The number of hydrogen-bond donors (Lipinski definition) is 1. The summed E-state index contributed by atoms with van der Waals surface area (Å²) >= 11 is 3.42. The molecule has 0 radical (unpaired) electrons. The van der Waals surface area contributed by atoms with Crippen LogP contribution in [0.25, 0.3) is 6.08 Å². The highest BCUT2D eigenvalue weighted by Gasteiger charge is 2.35. The molecule has 0 aromatic heterocycles.